The first-order valence-corrected chi connectivity index (χ1v) is 17.1. The van der Waals surface area contributed by atoms with E-state index in [1.54, 1.807) is 4.47 Å². The van der Waals surface area contributed by atoms with Gasteiger partial charge in [0.2, 0.25) is 0 Å². The fourth-order valence-corrected chi connectivity index (χ4v) is 30.1. The predicted octanol–water partition coefficient (Wildman–Crippen LogP) is 2.66. The quantitative estimate of drug-likeness (QED) is 0.491. The van der Waals surface area contributed by atoms with E-state index in [-0.39, 0.29) is 0 Å². The summed E-state index contributed by atoms with van der Waals surface area (Å²) in [7, 11) is 0. The normalized spacial score (nSPS) is 22.8. The summed E-state index contributed by atoms with van der Waals surface area (Å²) in [6, 6.07) is 21.8. The molecule has 0 amide bonds. The van der Waals surface area contributed by atoms with Gasteiger partial charge in [-0.25, -0.2) is 0 Å². The van der Waals surface area contributed by atoms with E-state index in [4.69, 9.17) is 0 Å². The Hall–Kier alpha value is 0.168. The second-order valence-corrected chi connectivity index (χ2v) is 25.7. The first kappa shape index (κ1) is 13.2. The van der Waals surface area contributed by atoms with Gasteiger partial charge in [0, 0.05) is 0 Å². The van der Waals surface area contributed by atoms with Gasteiger partial charge in [0.1, 0.15) is 0 Å². The average molecular weight is 447 g/mol. The molecule has 1 aliphatic heterocycles. The van der Waals surface area contributed by atoms with Gasteiger partial charge in [-0.2, -0.15) is 0 Å². The Labute approximate surface area is 126 Å². The topological polar surface area (TPSA) is 0 Å². The Bertz CT molecular complexity index is 620. The molecule has 4 heteroatoms. The molecule has 0 nitrogen and oxygen atoms in total. The monoisotopic (exact) mass is 450 g/mol. The van der Waals surface area contributed by atoms with Crippen molar-refractivity contribution in [1.82, 2.24) is 0 Å². The first-order valence-electron chi connectivity index (χ1n) is 5.58. The number of benzene rings is 2. The van der Waals surface area contributed by atoms with Crippen molar-refractivity contribution in [3.05, 3.63) is 72.0 Å². The van der Waals surface area contributed by atoms with Crippen LogP contribution in [0.1, 0.15) is 5.56 Å². The number of rotatable bonds is 2. The minimum atomic E-state index is -1.09. The van der Waals surface area contributed by atoms with Crippen molar-refractivity contribution < 1.29 is 0 Å². The molecule has 0 spiro atoms. The molecule has 1 unspecified atom stereocenters. The molecule has 2 aromatic carbocycles. The van der Waals surface area contributed by atoms with E-state index in [0.717, 1.165) is 12.7 Å². The average Bonchev–Trinajstić information content (AvgIpc) is 2.85. The zero-order chi connectivity index (χ0) is 12.4. The van der Waals surface area contributed by atoms with Crippen molar-refractivity contribution in [2.45, 2.75) is 0 Å². The van der Waals surface area contributed by atoms with Gasteiger partial charge < -0.3 is 0 Å². The Morgan fingerprint density at radius 3 is 2.11 bits per heavy atom. The van der Waals surface area contributed by atoms with Crippen LogP contribution in [0, 0.1) is 0 Å². The molecule has 1 aliphatic rings. The minimum absolute atomic E-state index is 0.670. The molecule has 0 saturated heterocycles. The van der Waals surface area contributed by atoms with Crippen LogP contribution in [0.25, 0.3) is 4.47 Å². The van der Waals surface area contributed by atoms with Crippen molar-refractivity contribution in [2.75, 3.05) is 0 Å². The van der Waals surface area contributed by atoms with Crippen molar-refractivity contribution in [3.8, 4) is 0 Å². The zero-order valence-electron chi connectivity index (χ0n) is 9.52. The van der Waals surface area contributed by atoms with E-state index >= 15 is 0 Å². The summed E-state index contributed by atoms with van der Waals surface area (Å²) in [6.45, 7) is 0. The van der Waals surface area contributed by atoms with Crippen LogP contribution in [0.3, 0.4) is 0 Å². The Morgan fingerprint density at radius 2 is 1.44 bits per heavy atom. The standard InChI is InChI=1S/C14H11PSe3/c16-15(13-9-5-2-6-10-13)11-14(17-18-15)12-7-3-1-4-8-12/h1-11H. The molecule has 1 atom stereocenters. The van der Waals surface area contributed by atoms with Crippen LogP contribution in [-0.4, -0.2) is 40.9 Å². The van der Waals surface area contributed by atoms with Gasteiger partial charge in [0.25, 0.3) is 0 Å². The van der Waals surface area contributed by atoms with Crippen LogP contribution in [0.2, 0.25) is 0 Å². The molecule has 0 N–H and O–H groups in total. The molecular weight excluding hydrogens is 436 g/mol. The van der Waals surface area contributed by atoms with Gasteiger partial charge in [0.15, 0.2) is 0 Å². The second kappa shape index (κ2) is 5.66. The third-order valence-electron chi connectivity index (χ3n) is 2.70. The van der Waals surface area contributed by atoms with Crippen LogP contribution in [0.5, 0.6) is 0 Å². The van der Waals surface area contributed by atoms with Crippen LogP contribution in [0.15, 0.2) is 66.5 Å². The summed E-state index contributed by atoms with van der Waals surface area (Å²) in [4.78, 5) is 0. The molecule has 0 aromatic heterocycles. The third-order valence-corrected chi connectivity index (χ3v) is 33.9. The fraction of sp³-hybridized carbons (Fsp3) is 0. The van der Waals surface area contributed by atoms with Gasteiger partial charge in [-0.3, -0.25) is 0 Å². The molecule has 90 valence electrons. The van der Waals surface area contributed by atoms with Gasteiger partial charge in [0.05, 0.1) is 0 Å². The van der Waals surface area contributed by atoms with Gasteiger partial charge in [-0.1, -0.05) is 0 Å². The van der Waals surface area contributed by atoms with Crippen LogP contribution >= 0.6 is 4.20 Å². The number of hydrogen-bond donors (Lipinski definition) is 0. The SMILES string of the molecule is [Se]=P1(c2ccccc2)C=C(c2ccccc2)[Se][Se]1. The molecular formula is C14H11PSe3. The van der Waals surface area contributed by atoms with Gasteiger partial charge >= 0.3 is 127 Å². The summed E-state index contributed by atoms with van der Waals surface area (Å²) in [6.07, 6.45) is 0. The van der Waals surface area contributed by atoms with Crippen LogP contribution in [0.4, 0.5) is 0 Å². The van der Waals surface area contributed by atoms with E-state index in [1.165, 1.54) is 10.9 Å². The molecule has 0 bridgehead atoms. The summed E-state index contributed by atoms with van der Waals surface area (Å²) in [5, 5.41) is 1.53. The molecule has 0 saturated carbocycles. The fourth-order valence-electron chi connectivity index (χ4n) is 1.77. The molecule has 0 fully saturated rings. The molecule has 3 rings (SSSR count). The molecule has 0 aliphatic carbocycles. The maximum atomic E-state index is 3.55. The second-order valence-electron chi connectivity index (χ2n) is 3.95. The zero-order valence-corrected chi connectivity index (χ0v) is 15.6. The first-order chi connectivity index (χ1) is 8.78. The van der Waals surface area contributed by atoms with Crippen LogP contribution in [-0.2, 0) is 0 Å². The molecule has 0 radical (unpaired) electrons. The molecule has 1 heterocycles. The molecule has 2 aromatic rings. The van der Waals surface area contributed by atoms with E-state index in [0.29, 0.717) is 13.1 Å². The number of hydrogen-bond acceptors (Lipinski definition) is 0. The van der Waals surface area contributed by atoms with Crippen LogP contribution < -0.4 is 5.30 Å². The van der Waals surface area contributed by atoms with E-state index in [1.807, 2.05) is 0 Å². The van der Waals surface area contributed by atoms with E-state index in [2.05, 4.69) is 81.6 Å². The third kappa shape index (κ3) is 2.69. The van der Waals surface area contributed by atoms with Gasteiger partial charge in [-0.15, -0.1) is 0 Å². The molecule has 18 heavy (non-hydrogen) atoms. The Morgan fingerprint density at radius 1 is 0.833 bits per heavy atom. The van der Waals surface area contributed by atoms with E-state index < -0.39 is 4.20 Å². The maximum absolute atomic E-state index is 3.55. The van der Waals surface area contributed by atoms with Crippen molar-refractivity contribution in [1.29, 1.82) is 0 Å². The summed E-state index contributed by atoms with van der Waals surface area (Å²) < 4.78 is 0.506. The summed E-state index contributed by atoms with van der Waals surface area (Å²) in [5.41, 5.74) is 1.42. The van der Waals surface area contributed by atoms with Gasteiger partial charge in [-0.05, 0) is 0 Å². The van der Waals surface area contributed by atoms with E-state index in [9.17, 15) is 0 Å². The Kier molecular flexibility index (Phi) is 4.14. The van der Waals surface area contributed by atoms with Crippen molar-refractivity contribution in [3.63, 3.8) is 0 Å². The van der Waals surface area contributed by atoms with Crippen molar-refractivity contribution in [2.24, 2.45) is 0 Å². The predicted molar refractivity (Wildman–Crippen MR) is 84.7 cm³/mol. The Balaban J connectivity index is 1.99. The van der Waals surface area contributed by atoms with Crippen molar-refractivity contribution >= 4 is 54.9 Å². The summed E-state index contributed by atoms with van der Waals surface area (Å²) in [5.74, 6) is 2.57. The summed E-state index contributed by atoms with van der Waals surface area (Å²) >= 11 is 4.95.